The summed E-state index contributed by atoms with van der Waals surface area (Å²) in [6.07, 6.45) is 1.68. The van der Waals surface area contributed by atoms with Crippen molar-refractivity contribution in [2.24, 2.45) is 0 Å². The minimum Gasteiger partial charge on any atom is -0.454 e. The van der Waals surface area contributed by atoms with Crippen molar-refractivity contribution in [2.75, 3.05) is 11.5 Å². The van der Waals surface area contributed by atoms with Gasteiger partial charge in [-0.1, -0.05) is 36.4 Å². The van der Waals surface area contributed by atoms with Gasteiger partial charge in [0.05, 0.1) is 11.4 Å². The van der Waals surface area contributed by atoms with Crippen LogP contribution in [0.3, 0.4) is 0 Å². The molecule has 0 fully saturated rings. The van der Waals surface area contributed by atoms with Crippen LogP contribution in [0.4, 0.5) is 11.4 Å². The zero-order chi connectivity index (χ0) is 19.5. The maximum Gasteiger partial charge on any atom is 0.330 e. The van der Waals surface area contributed by atoms with Crippen molar-refractivity contribution in [3.8, 4) is 0 Å². The normalized spacial score (nSPS) is 12.7. The molecule has 0 bridgehead atoms. The van der Waals surface area contributed by atoms with Gasteiger partial charge in [-0.05, 0) is 48.2 Å². The quantitative estimate of drug-likeness (QED) is 0.646. The SMILES string of the molecule is Cc1nnn(CC(=O)OCC(=O)N2c3ccccc3CCc3ccccc32)n1. The van der Waals surface area contributed by atoms with E-state index in [2.05, 4.69) is 15.4 Å². The van der Waals surface area contributed by atoms with E-state index in [0.717, 1.165) is 40.1 Å². The summed E-state index contributed by atoms with van der Waals surface area (Å²) in [6.45, 7) is 1.11. The predicted octanol–water partition coefficient (Wildman–Crippen LogP) is 1.99. The molecule has 28 heavy (non-hydrogen) atoms. The van der Waals surface area contributed by atoms with Crippen molar-refractivity contribution in [3.63, 3.8) is 0 Å². The first-order chi connectivity index (χ1) is 13.6. The predicted molar refractivity (Wildman–Crippen MR) is 101 cm³/mol. The van der Waals surface area contributed by atoms with E-state index in [-0.39, 0.29) is 19.1 Å². The summed E-state index contributed by atoms with van der Waals surface area (Å²) in [5, 5.41) is 11.4. The van der Waals surface area contributed by atoms with Crippen molar-refractivity contribution in [1.29, 1.82) is 0 Å². The van der Waals surface area contributed by atoms with Crippen LogP contribution < -0.4 is 4.90 Å². The smallest absolute Gasteiger partial charge is 0.330 e. The Morgan fingerprint density at radius 2 is 1.61 bits per heavy atom. The Hall–Kier alpha value is -3.55. The average Bonchev–Trinajstić information content (AvgIpc) is 3.02. The number of tetrazole rings is 1. The van der Waals surface area contributed by atoms with Crippen molar-refractivity contribution < 1.29 is 14.3 Å². The van der Waals surface area contributed by atoms with Crippen LogP contribution in [0.2, 0.25) is 0 Å². The van der Waals surface area contributed by atoms with Crippen molar-refractivity contribution in [3.05, 3.63) is 65.5 Å². The molecule has 1 aromatic heterocycles. The van der Waals surface area contributed by atoms with Crippen LogP contribution >= 0.6 is 0 Å². The summed E-state index contributed by atoms with van der Waals surface area (Å²) < 4.78 is 5.18. The molecule has 0 saturated carbocycles. The molecule has 4 rings (SSSR count). The van der Waals surface area contributed by atoms with E-state index in [4.69, 9.17) is 4.74 Å². The zero-order valence-corrected chi connectivity index (χ0v) is 15.4. The molecule has 8 heteroatoms. The van der Waals surface area contributed by atoms with Gasteiger partial charge in [-0.3, -0.25) is 9.69 Å². The standard InChI is InChI=1S/C20H19N5O3/c1-14-21-23-24(22-14)12-20(27)28-13-19(26)25-17-8-4-2-6-15(17)10-11-16-7-3-5-9-18(16)25/h2-9H,10-13H2,1H3. The number of aryl methyl sites for hydroxylation is 3. The molecular formula is C20H19N5O3. The van der Waals surface area contributed by atoms with Gasteiger partial charge in [0.25, 0.3) is 5.91 Å². The van der Waals surface area contributed by atoms with Crippen LogP contribution in [-0.2, 0) is 33.7 Å². The van der Waals surface area contributed by atoms with Gasteiger partial charge in [0.2, 0.25) is 0 Å². The number of para-hydroxylation sites is 2. The van der Waals surface area contributed by atoms with Gasteiger partial charge >= 0.3 is 5.97 Å². The Bertz CT molecular complexity index is 982. The molecule has 1 amide bonds. The number of carbonyl (C=O) groups is 2. The molecule has 3 aromatic rings. The molecule has 1 aliphatic rings. The van der Waals surface area contributed by atoms with E-state index in [9.17, 15) is 9.59 Å². The maximum absolute atomic E-state index is 13.0. The molecule has 2 heterocycles. The number of hydrogen-bond acceptors (Lipinski definition) is 6. The number of fused-ring (bicyclic) bond motifs is 2. The average molecular weight is 377 g/mol. The third kappa shape index (κ3) is 3.62. The Labute approximate surface area is 161 Å². The first-order valence-corrected chi connectivity index (χ1v) is 9.00. The number of carbonyl (C=O) groups excluding carboxylic acids is 2. The zero-order valence-electron chi connectivity index (χ0n) is 15.4. The van der Waals surface area contributed by atoms with Crippen LogP contribution in [-0.4, -0.2) is 38.7 Å². The number of nitrogens with zero attached hydrogens (tertiary/aromatic N) is 5. The summed E-state index contributed by atoms with van der Waals surface area (Å²) in [5.41, 5.74) is 3.81. The Kier molecular flexibility index (Phi) is 4.84. The number of anilines is 2. The van der Waals surface area contributed by atoms with E-state index in [1.807, 2.05) is 48.5 Å². The van der Waals surface area contributed by atoms with Gasteiger partial charge in [-0.15, -0.1) is 10.2 Å². The molecule has 1 aliphatic heterocycles. The third-order valence-electron chi connectivity index (χ3n) is 4.56. The lowest BCUT2D eigenvalue weighted by molar-refractivity contribution is -0.148. The second-order valence-electron chi connectivity index (χ2n) is 6.51. The fourth-order valence-corrected chi connectivity index (χ4v) is 3.31. The topological polar surface area (TPSA) is 90.2 Å². The molecule has 8 nitrogen and oxygen atoms in total. The van der Waals surface area contributed by atoms with Gasteiger partial charge in [-0.2, -0.15) is 4.80 Å². The number of ether oxygens (including phenoxy) is 1. The monoisotopic (exact) mass is 377 g/mol. The second-order valence-corrected chi connectivity index (χ2v) is 6.51. The largest absolute Gasteiger partial charge is 0.454 e. The lowest BCUT2D eigenvalue weighted by Crippen LogP contribution is -2.32. The summed E-state index contributed by atoms with van der Waals surface area (Å²) in [4.78, 5) is 27.9. The number of hydrogen-bond donors (Lipinski definition) is 0. The fraction of sp³-hybridized carbons (Fsp3) is 0.250. The molecule has 0 atom stereocenters. The molecule has 0 N–H and O–H groups in total. The highest BCUT2D eigenvalue weighted by atomic mass is 16.5. The number of aromatic nitrogens is 4. The van der Waals surface area contributed by atoms with Crippen LogP contribution in [0.5, 0.6) is 0 Å². The highest BCUT2D eigenvalue weighted by Gasteiger charge is 2.26. The van der Waals surface area contributed by atoms with E-state index < -0.39 is 5.97 Å². The minimum absolute atomic E-state index is 0.193. The van der Waals surface area contributed by atoms with Gasteiger partial charge < -0.3 is 4.74 Å². The first kappa shape index (κ1) is 17.8. The Morgan fingerprint density at radius 3 is 2.18 bits per heavy atom. The first-order valence-electron chi connectivity index (χ1n) is 9.00. The van der Waals surface area contributed by atoms with Crippen LogP contribution in [0, 0.1) is 6.92 Å². The fourth-order valence-electron chi connectivity index (χ4n) is 3.31. The molecule has 0 unspecified atom stereocenters. The van der Waals surface area contributed by atoms with E-state index in [1.165, 1.54) is 0 Å². The van der Waals surface area contributed by atoms with Gasteiger partial charge in [0.15, 0.2) is 19.0 Å². The van der Waals surface area contributed by atoms with Gasteiger partial charge in [0.1, 0.15) is 0 Å². The maximum atomic E-state index is 13.0. The van der Waals surface area contributed by atoms with Crippen LogP contribution in [0.1, 0.15) is 17.0 Å². The second kappa shape index (κ2) is 7.59. The lowest BCUT2D eigenvalue weighted by Gasteiger charge is -2.24. The van der Waals surface area contributed by atoms with Crippen molar-refractivity contribution in [1.82, 2.24) is 20.2 Å². The molecule has 0 saturated heterocycles. The summed E-state index contributed by atoms with van der Waals surface area (Å²) in [6, 6.07) is 15.6. The minimum atomic E-state index is -0.595. The number of esters is 1. The van der Waals surface area contributed by atoms with E-state index >= 15 is 0 Å². The van der Waals surface area contributed by atoms with Gasteiger partial charge in [0, 0.05) is 0 Å². The number of rotatable bonds is 4. The van der Waals surface area contributed by atoms with Crippen LogP contribution in [0.25, 0.3) is 0 Å². The van der Waals surface area contributed by atoms with Gasteiger partial charge in [-0.25, -0.2) is 4.79 Å². The molecule has 0 spiro atoms. The molecular weight excluding hydrogens is 358 g/mol. The van der Waals surface area contributed by atoms with E-state index in [1.54, 1.807) is 11.8 Å². The summed E-state index contributed by atoms with van der Waals surface area (Å²) in [5.74, 6) is -0.443. The highest BCUT2D eigenvalue weighted by Crippen LogP contribution is 2.35. The molecule has 0 radical (unpaired) electrons. The highest BCUT2D eigenvalue weighted by molar-refractivity contribution is 6.03. The Balaban J connectivity index is 1.54. The molecule has 2 aromatic carbocycles. The third-order valence-corrected chi connectivity index (χ3v) is 4.56. The lowest BCUT2D eigenvalue weighted by atomic mass is 10.0. The van der Waals surface area contributed by atoms with E-state index in [0.29, 0.717) is 5.82 Å². The molecule has 0 aliphatic carbocycles. The number of benzene rings is 2. The summed E-state index contributed by atoms with van der Waals surface area (Å²) >= 11 is 0. The van der Waals surface area contributed by atoms with Crippen molar-refractivity contribution >= 4 is 23.3 Å². The van der Waals surface area contributed by atoms with Crippen LogP contribution in [0.15, 0.2) is 48.5 Å². The van der Waals surface area contributed by atoms with Crippen molar-refractivity contribution in [2.45, 2.75) is 26.3 Å². The Morgan fingerprint density at radius 1 is 1.00 bits per heavy atom. The summed E-state index contributed by atoms with van der Waals surface area (Å²) in [7, 11) is 0. The number of amides is 1. The molecule has 142 valence electrons.